The first-order chi connectivity index (χ1) is 11.4. The van der Waals surface area contributed by atoms with E-state index in [1.807, 2.05) is 12.1 Å². The highest BCUT2D eigenvalue weighted by atomic mass is 35.5. The Morgan fingerprint density at radius 3 is 2.54 bits per heavy atom. The Hall–Kier alpha value is -2.51. The predicted octanol–water partition coefficient (Wildman–Crippen LogP) is 3.38. The summed E-state index contributed by atoms with van der Waals surface area (Å²) in [5.41, 5.74) is -0.183. The van der Waals surface area contributed by atoms with E-state index in [4.69, 9.17) is 16.8 Å². The highest BCUT2D eigenvalue weighted by Gasteiger charge is 2.07. The minimum absolute atomic E-state index is 0.000989. The standard InChI is InChI=1S/C16H10ClFN2O3S/c17-12-7-10(4-5-13(12)18)9-2-1-3-11(6-9)24-14-8-15(21)20(23)16(22)19-14/h1-8,23H,(H,19,22). The van der Waals surface area contributed by atoms with Crippen LogP contribution in [0.15, 0.2) is 68.0 Å². The topological polar surface area (TPSA) is 75.1 Å². The molecule has 2 N–H and O–H groups in total. The lowest BCUT2D eigenvalue weighted by atomic mass is 10.1. The number of halogens is 2. The Morgan fingerprint density at radius 2 is 1.83 bits per heavy atom. The lowest BCUT2D eigenvalue weighted by Gasteiger charge is -2.06. The van der Waals surface area contributed by atoms with E-state index in [9.17, 15) is 14.0 Å². The quantitative estimate of drug-likeness (QED) is 0.552. The first-order valence-electron chi connectivity index (χ1n) is 6.73. The van der Waals surface area contributed by atoms with Crippen molar-refractivity contribution in [3.63, 3.8) is 0 Å². The molecule has 0 saturated carbocycles. The summed E-state index contributed by atoms with van der Waals surface area (Å²) < 4.78 is 13.3. The average molecular weight is 365 g/mol. The molecule has 8 heteroatoms. The molecule has 0 amide bonds. The third kappa shape index (κ3) is 3.37. The van der Waals surface area contributed by atoms with Crippen LogP contribution in [0.3, 0.4) is 0 Å². The fourth-order valence-corrected chi connectivity index (χ4v) is 3.13. The average Bonchev–Trinajstić information content (AvgIpc) is 2.55. The lowest BCUT2D eigenvalue weighted by Crippen LogP contribution is -2.32. The van der Waals surface area contributed by atoms with Crippen LogP contribution in [0.1, 0.15) is 0 Å². The van der Waals surface area contributed by atoms with Gasteiger partial charge < -0.3 is 5.21 Å². The first-order valence-corrected chi connectivity index (χ1v) is 7.92. The number of rotatable bonds is 3. The summed E-state index contributed by atoms with van der Waals surface area (Å²) in [6, 6.07) is 12.8. The van der Waals surface area contributed by atoms with Crippen molar-refractivity contribution in [2.45, 2.75) is 9.92 Å². The van der Waals surface area contributed by atoms with Crippen molar-refractivity contribution >= 4 is 23.4 Å². The number of H-pyrrole nitrogens is 1. The third-order valence-corrected chi connectivity index (χ3v) is 4.42. The molecule has 1 heterocycles. The molecular formula is C16H10ClFN2O3S. The van der Waals surface area contributed by atoms with Gasteiger partial charge >= 0.3 is 5.69 Å². The maximum atomic E-state index is 13.3. The Kier molecular flexibility index (Phi) is 4.46. The number of hydrogen-bond acceptors (Lipinski definition) is 4. The molecule has 0 radical (unpaired) electrons. The number of aromatic nitrogens is 2. The maximum Gasteiger partial charge on any atom is 0.362 e. The molecule has 0 aliphatic heterocycles. The van der Waals surface area contributed by atoms with Gasteiger partial charge in [-0.2, -0.15) is 0 Å². The van der Waals surface area contributed by atoms with E-state index in [1.54, 1.807) is 18.2 Å². The molecule has 0 aliphatic carbocycles. The van der Waals surface area contributed by atoms with Crippen LogP contribution >= 0.6 is 23.4 Å². The van der Waals surface area contributed by atoms with Crippen LogP contribution in [0.5, 0.6) is 0 Å². The van der Waals surface area contributed by atoms with Gasteiger partial charge in [-0.1, -0.05) is 46.3 Å². The van der Waals surface area contributed by atoms with E-state index in [-0.39, 0.29) is 9.75 Å². The molecule has 0 fully saturated rings. The van der Waals surface area contributed by atoms with E-state index < -0.39 is 17.1 Å². The minimum Gasteiger partial charge on any atom is -0.421 e. The molecule has 0 saturated heterocycles. The normalized spacial score (nSPS) is 10.8. The van der Waals surface area contributed by atoms with Gasteiger partial charge in [0.05, 0.1) is 10.0 Å². The Morgan fingerprint density at radius 1 is 1.08 bits per heavy atom. The van der Waals surface area contributed by atoms with Crippen molar-refractivity contribution < 1.29 is 9.60 Å². The predicted molar refractivity (Wildman–Crippen MR) is 89.5 cm³/mol. The maximum absolute atomic E-state index is 13.3. The van der Waals surface area contributed by atoms with Crippen LogP contribution in [0.25, 0.3) is 11.1 Å². The molecule has 0 unspecified atom stereocenters. The molecule has 24 heavy (non-hydrogen) atoms. The molecule has 2 aromatic carbocycles. The Bertz CT molecular complexity index is 1000. The number of hydrogen-bond donors (Lipinski definition) is 2. The second-order valence-corrected chi connectivity index (χ2v) is 6.37. The third-order valence-electron chi connectivity index (χ3n) is 3.20. The zero-order valence-electron chi connectivity index (χ0n) is 12.0. The SMILES string of the molecule is O=c1cc(Sc2cccc(-c3ccc(F)c(Cl)c3)c2)[nH]c(=O)n1O. The zero-order valence-corrected chi connectivity index (χ0v) is 13.6. The van der Waals surface area contributed by atoms with Crippen LogP contribution < -0.4 is 11.2 Å². The summed E-state index contributed by atoms with van der Waals surface area (Å²) in [4.78, 5) is 26.0. The fraction of sp³-hybridized carbons (Fsp3) is 0. The van der Waals surface area contributed by atoms with Gasteiger partial charge in [-0.3, -0.25) is 9.78 Å². The van der Waals surface area contributed by atoms with E-state index in [0.717, 1.165) is 33.9 Å². The Balaban J connectivity index is 1.95. The number of aromatic amines is 1. The highest BCUT2D eigenvalue weighted by Crippen LogP contribution is 2.30. The van der Waals surface area contributed by atoms with E-state index in [2.05, 4.69) is 4.98 Å². The first kappa shape index (κ1) is 16.4. The molecule has 0 bridgehead atoms. The molecule has 0 spiro atoms. The van der Waals surface area contributed by atoms with Crippen LogP contribution in [0, 0.1) is 5.82 Å². The molecule has 0 atom stereocenters. The van der Waals surface area contributed by atoms with E-state index >= 15 is 0 Å². The van der Waals surface area contributed by atoms with Gasteiger partial charge in [-0.05, 0) is 35.4 Å². The lowest BCUT2D eigenvalue weighted by molar-refractivity contribution is 0.159. The summed E-state index contributed by atoms with van der Waals surface area (Å²) in [6.45, 7) is 0. The van der Waals surface area contributed by atoms with Crippen molar-refractivity contribution in [2.75, 3.05) is 0 Å². The van der Waals surface area contributed by atoms with Gasteiger partial charge in [0.15, 0.2) is 0 Å². The summed E-state index contributed by atoms with van der Waals surface area (Å²) in [6.07, 6.45) is 0. The smallest absolute Gasteiger partial charge is 0.362 e. The molecule has 3 aromatic rings. The zero-order chi connectivity index (χ0) is 17.3. The van der Waals surface area contributed by atoms with Gasteiger partial charge in [0.1, 0.15) is 5.82 Å². The Labute approximate surface area is 144 Å². The number of nitrogens with one attached hydrogen (secondary N) is 1. The number of nitrogens with zero attached hydrogens (tertiary/aromatic N) is 1. The van der Waals surface area contributed by atoms with Crippen LogP contribution in [-0.2, 0) is 0 Å². The highest BCUT2D eigenvalue weighted by molar-refractivity contribution is 7.99. The van der Waals surface area contributed by atoms with E-state index in [0.29, 0.717) is 5.03 Å². The summed E-state index contributed by atoms with van der Waals surface area (Å²) in [5, 5.41) is 9.47. The second-order valence-electron chi connectivity index (χ2n) is 4.85. The van der Waals surface area contributed by atoms with Crippen molar-refractivity contribution in [3.05, 3.63) is 80.2 Å². The number of benzene rings is 2. The van der Waals surface area contributed by atoms with Gasteiger partial charge in [0.25, 0.3) is 5.56 Å². The van der Waals surface area contributed by atoms with Gasteiger partial charge in [0, 0.05) is 11.0 Å². The van der Waals surface area contributed by atoms with Crippen LogP contribution in [-0.4, -0.2) is 14.9 Å². The van der Waals surface area contributed by atoms with Crippen LogP contribution in [0.2, 0.25) is 5.02 Å². The summed E-state index contributed by atoms with van der Waals surface area (Å²) in [5.74, 6) is -0.493. The van der Waals surface area contributed by atoms with Gasteiger partial charge in [-0.25, -0.2) is 9.18 Å². The van der Waals surface area contributed by atoms with Crippen molar-refractivity contribution in [1.29, 1.82) is 0 Å². The van der Waals surface area contributed by atoms with Crippen molar-refractivity contribution in [1.82, 2.24) is 9.71 Å². The minimum atomic E-state index is -0.911. The van der Waals surface area contributed by atoms with Gasteiger partial charge in [0.2, 0.25) is 0 Å². The molecule has 3 rings (SSSR count). The summed E-state index contributed by atoms with van der Waals surface area (Å²) >= 11 is 6.96. The molecule has 5 nitrogen and oxygen atoms in total. The molecular weight excluding hydrogens is 355 g/mol. The van der Waals surface area contributed by atoms with Gasteiger partial charge in [-0.15, -0.1) is 0 Å². The second kappa shape index (κ2) is 6.54. The van der Waals surface area contributed by atoms with E-state index in [1.165, 1.54) is 12.1 Å². The van der Waals surface area contributed by atoms with Crippen molar-refractivity contribution in [3.8, 4) is 11.1 Å². The molecule has 0 aliphatic rings. The van der Waals surface area contributed by atoms with Crippen LogP contribution in [0.4, 0.5) is 4.39 Å². The largest absolute Gasteiger partial charge is 0.421 e. The monoisotopic (exact) mass is 364 g/mol. The summed E-state index contributed by atoms with van der Waals surface area (Å²) in [7, 11) is 0. The fourth-order valence-electron chi connectivity index (χ4n) is 2.06. The van der Waals surface area contributed by atoms with Crippen molar-refractivity contribution in [2.24, 2.45) is 0 Å². The molecule has 1 aromatic heterocycles. The molecule has 122 valence electrons.